The van der Waals surface area contributed by atoms with Crippen molar-refractivity contribution in [2.24, 2.45) is 0 Å². The Balaban J connectivity index is 2.25. The van der Waals surface area contributed by atoms with Crippen molar-refractivity contribution in [3.8, 4) is 0 Å². The second kappa shape index (κ2) is 7.65. The van der Waals surface area contributed by atoms with Gasteiger partial charge in [0.2, 0.25) is 0 Å². The Labute approximate surface area is 118 Å². The Morgan fingerprint density at radius 3 is 2.53 bits per heavy atom. The Morgan fingerprint density at radius 1 is 1.32 bits per heavy atom. The van der Waals surface area contributed by atoms with Crippen molar-refractivity contribution in [1.29, 1.82) is 0 Å². The molecule has 1 aromatic heterocycles. The molecule has 1 aromatic rings. The third kappa shape index (κ3) is 4.96. The molecule has 0 radical (unpaired) electrons. The zero-order valence-electron chi connectivity index (χ0n) is 13.5. The van der Waals surface area contributed by atoms with Gasteiger partial charge in [0, 0.05) is 24.8 Å². The van der Waals surface area contributed by atoms with E-state index in [1.165, 1.54) is 11.3 Å². The van der Waals surface area contributed by atoms with Gasteiger partial charge in [0.05, 0.1) is 5.69 Å². The van der Waals surface area contributed by atoms with Gasteiger partial charge in [-0.2, -0.15) is 5.10 Å². The first-order valence-electron chi connectivity index (χ1n) is 7.38. The second-order valence-electron chi connectivity index (χ2n) is 5.58. The van der Waals surface area contributed by atoms with E-state index in [1.54, 1.807) is 0 Å². The topological polar surface area (TPSA) is 33.1 Å². The van der Waals surface area contributed by atoms with E-state index >= 15 is 0 Å². The molecule has 0 spiro atoms. The molecule has 0 aromatic carbocycles. The highest BCUT2D eigenvalue weighted by atomic mass is 15.3. The van der Waals surface area contributed by atoms with Crippen LogP contribution in [-0.4, -0.2) is 47.4 Å². The molecule has 0 saturated carbocycles. The van der Waals surface area contributed by atoms with Gasteiger partial charge in [-0.15, -0.1) is 0 Å². The van der Waals surface area contributed by atoms with E-state index < -0.39 is 0 Å². The summed E-state index contributed by atoms with van der Waals surface area (Å²) in [5.74, 6) is 0. The summed E-state index contributed by atoms with van der Waals surface area (Å²) in [5, 5.41) is 8.14. The van der Waals surface area contributed by atoms with Crippen LogP contribution in [0.15, 0.2) is 0 Å². The normalized spacial score (nSPS) is 13.2. The van der Waals surface area contributed by atoms with Gasteiger partial charge in [-0.25, -0.2) is 0 Å². The van der Waals surface area contributed by atoms with E-state index in [4.69, 9.17) is 0 Å². The minimum absolute atomic E-state index is 0.548. The van der Waals surface area contributed by atoms with E-state index in [-0.39, 0.29) is 0 Å². The Morgan fingerprint density at radius 2 is 2.00 bits per heavy atom. The highest BCUT2D eigenvalue weighted by Crippen LogP contribution is 2.10. The second-order valence-corrected chi connectivity index (χ2v) is 5.58. The summed E-state index contributed by atoms with van der Waals surface area (Å²) in [6.07, 6.45) is 1.13. The molecular formula is C15H30N4. The Bertz CT molecular complexity index is 384. The first-order valence-corrected chi connectivity index (χ1v) is 7.38. The number of hydrogen-bond acceptors (Lipinski definition) is 3. The van der Waals surface area contributed by atoms with Crippen LogP contribution in [-0.2, 0) is 6.54 Å². The summed E-state index contributed by atoms with van der Waals surface area (Å²) < 4.78 is 2.13. The molecule has 110 valence electrons. The van der Waals surface area contributed by atoms with E-state index in [0.717, 1.165) is 38.3 Å². The third-order valence-electron chi connectivity index (χ3n) is 3.91. The number of hydrogen-bond donors (Lipinski definition) is 1. The van der Waals surface area contributed by atoms with Crippen LogP contribution < -0.4 is 5.32 Å². The van der Waals surface area contributed by atoms with Crippen molar-refractivity contribution >= 4 is 0 Å². The number of nitrogens with one attached hydrogen (secondary N) is 1. The van der Waals surface area contributed by atoms with Gasteiger partial charge in [0.1, 0.15) is 0 Å². The van der Waals surface area contributed by atoms with Crippen molar-refractivity contribution < 1.29 is 0 Å². The van der Waals surface area contributed by atoms with Crippen LogP contribution in [0.1, 0.15) is 37.2 Å². The van der Waals surface area contributed by atoms with Crippen LogP contribution in [0.5, 0.6) is 0 Å². The number of likely N-dealkylation sites (N-methyl/N-ethyl adjacent to an activating group) is 1. The molecule has 4 nitrogen and oxygen atoms in total. The number of aromatic nitrogens is 2. The average Bonchev–Trinajstić information content (AvgIpc) is 2.62. The van der Waals surface area contributed by atoms with E-state index in [1.807, 2.05) is 0 Å². The molecule has 0 aliphatic heterocycles. The fraction of sp³-hybridized carbons (Fsp3) is 0.800. The van der Waals surface area contributed by atoms with Crippen LogP contribution in [0.25, 0.3) is 0 Å². The maximum absolute atomic E-state index is 4.57. The molecule has 0 aliphatic carbocycles. The fourth-order valence-corrected chi connectivity index (χ4v) is 2.24. The molecule has 0 fully saturated rings. The maximum Gasteiger partial charge on any atom is 0.0625 e. The summed E-state index contributed by atoms with van der Waals surface area (Å²) in [6.45, 7) is 15.1. The number of aryl methyl sites for hydroxylation is 2. The summed E-state index contributed by atoms with van der Waals surface area (Å²) in [4.78, 5) is 2.34. The lowest BCUT2D eigenvalue weighted by Crippen LogP contribution is -2.38. The van der Waals surface area contributed by atoms with Gasteiger partial charge in [-0.05, 0) is 59.8 Å². The lowest BCUT2D eigenvalue weighted by atomic mass is 10.2. The first kappa shape index (κ1) is 16.2. The Kier molecular flexibility index (Phi) is 6.52. The monoisotopic (exact) mass is 266 g/mol. The summed E-state index contributed by atoms with van der Waals surface area (Å²) in [7, 11) is 2.16. The molecule has 1 heterocycles. The molecule has 0 aliphatic rings. The van der Waals surface area contributed by atoms with Crippen LogP contribution in [0.2, 0.25) is 0 Å². The number of nitrogens with zero attached hydrogens (tertiary/aromatic N) is 3. The van der Waals surface area contributed by atoms with Gasteiger partial charge in [-0.1, -0.05) is 6.92 Å². The molecule has 0 amide bonds. The largest absolute Gasteiger partial charge is 0.313 e. The van der Waals surface area contributed by atoms with Crippen LogP contribution in [0.4, 0.5) is 0 Å². The number of rotatable bonds is 8. The van der Waals surface area contributed by atoms with Crippen LogP contribution >= 0.6 is 0 Å². The zero-order chi connectivity index (χ0) is 14.4. The van der Waals surface area contributed by atoms with Crippen LogP contribution in [0, 0.1) is 20.8 Å². The van der Waals surface area contributed by atoms with Gasteiger partial charge in [-0.3, -0.25) is 4.68 Å². The van der Waals surface area contributed by atoms with Gasteiger partial charge >= 0.3 is 0 Å². The molecule has 1 rings (SSSR count). The molecule has 0 bridgehead atoms. The van der Waals surface area contributed by atoms with Crippen molar-refractivity contribution in [3.05, 3.63) is 17.0 Å². The minimum Gasteiger partial charge on any atom is -0.313 e. The SMILES string of the molecule is CCN(C)CC(C)NCCCn1nc(C)c(C)c1C. The Hall–Kier alpha value is -0.870. The molecule has 1 atom stereocenters. The van der Waals surface area contributed by atoms with Gasteiger partial charge in [0.25, 0.3) is 0 Å². The highest BCUT2D eigenvalue weighted by molar-refractivity contribution is 5.21. The molecule has 1 unspecified atom stereocenters. The first-order chi connectivity index (χ1) is 8.95. The van der Waals surface area contributed by atoms with E-state index in [2.05, 4.69) is 61.7 Å². The molecule has 1 N–H and O–H groups in total. The lowest BCUT2D eigenvalue weighted by molar-refractivity contribution is 0.308. The van der Waals surface area contributed by atoms with E-state index in [0.29, 0.717) is 6.04 Å². The molecule has 0 saturated heterocycles. The molecule has 4 heteroatoms. The van der Waals surface area contributed by atoms with E-state index in [9.17, 15) is 0 Å². The quantitative estimate of drug-likeness (QED) is 0.732. The summed E-state index contributed by atoms with van der Waals surface area (Å²) >= 11 is 0. The van der Waals surface area contributed by atoms with Crippen LogP contribution in [0.3, 0.4) is 0 Å². The summed E-state index contributed by atoms with van der Waals surface area (Å²) in [5.41, 5.74) is 3.78. The standard InChI is InChI=1S/C15H30N4/c1-7-18(6)11-12(2)16-9-8-10-19-15(5)13(3)14(4)17-19/h12,16H,7-11H2,1-6H3. The predicted octanol–water partition coefficient (Wildman–Crippen LogP) is 2.13. The minimum atomic E-state index is 0.548. The predicted molar refractivity (Wildman–Crippen MR) is 81.7 cm³/mol. The highest BCUT2D eigenvalue weighted by Gasteiger charge is 2.07. The van der Waals surface area contributed by atoms with Gasteiger partial charge < -0.3 is 10.2 Å². The molecule has 19 heavy (non-hydrogen) atoms. The zero-order valence-corrected chi connectivity index (χ0v) is 13.5. The smallest absolute Gasteiger partial charge is 0.0625 e. The van der Waals surface area contributed by atoms with Crippen molar-refractivity contribution in [2.45, 2.75) is 53.6 Å². The molecular weight excluding hydrogens is 236 g/mol. The van der Waals surface area contributed by atoms with Crippen molar-refractivity contribution in [2.75, 3.05) is 26.7 Å². The average molecular weight is 266 g/mol. The van der Waals surface area contributed by atoms with Gasteiger partial charge in [0.15, 0.2) is 0 Å². The fourth-order valence-electron chi connectivity index (χ4n) is 2.24. The third-order valence-corrected chi connectivity index (χ3v) is 3.91. The summed E-state index contributed by atoms with van der Waals surface area (Å²) in [6, 6.07) is 0.548. The van der Waals surface area contributed by atoms with Crippen molar-refractivity contribution in [3.63, 3.8) is 0 Å². The maximum atomic E-state index is 4.57. The lowest BCUT2D eigenvalue weighted by Gasteiger charge is -2.20. The van der Waals surface area contributed by atoms with Crippen molar-refractivity contribution in [1.82, 2.24) is 20.0 Å².